The fraction of sp³-hybridized carbons (Fsp3) is 0.417. The van der Waals surface area contributed by atoms with Crippen molar-refractivity contribution in [1.29, 1.82) is 0 Å². The first-order chi connectivity index (χ1) is 15.3. The summed E-state index contributed by atoms with van der Waals surface area (Å²) in [6.45, 7) is 0.0534. The molecule has 2 fully saturated rings. The van der Waals surface area contributed by atoms with Crippen LogP contribution >= 0.6 is 0 Å². The Hall–Kier alpha value is -2.87. The van der Waals surface area contributed by atoms with Crippen LogP contribution in [0.1, 0.15) is 29.9 Å². The maximum Gasteiger partial charge on any atom is 0.410 e. The van der Waals surface area contributed by atoms with Gasteiger partial charge >= 0.3 is 12.3 Å². The molecule has 1 amide bonds. The number of ether oxygens (including phenoxy) is 2. The molecule has 1 aliphatic carbocycles. The predicted molar refractivity (Wildman–Crippen MR) is 109 cm³/mol. The van der Waals surface area contributed by atoms with Gasteiger partial charge in [0, 0.05) is 12.3 Å². The molecule has 0 N–H and O–H groups in total. The van der Waals surface area contributed by atoms with Crippen molar-refractivity contribution in [2.75, 3.05) is 19.8 Å². The molecule has 5 nitrogen and oxygen atoms in total. The van der Waals surface area contributed by atoms with Crippen LogP contribution in [0, 0.1) is 5.92 Å². The quantitative estimate of drug-likeness (QED) is 0.681. The molecule has 0 aromatic heterocycles. The summed E-state index contributed by atoms with van der Waals surface area (Å²) in [6.07, 6.45) is -6.21. The third kappa shape index (κ3) is 3.56. The fourth-order valence-corrected chi connectivity index (χ4v) is 5.20. The van der Waals surface area contributed by atoms with E-state index in [1.807, 2.05) is 48.5 Å². The van der Waals surface area contributed by atoms with Crippen LogP contribution in [0.4, 0.5) is 18.0 Å². The van der Waals surface area contributed by atoms with Gasteiger partial charge in [0.25, 0.3) is 0 Å². The highest BCUT2D eigenvalue weighted by atomic mass is 19.4. The largest absolute Gasteiger partial charge is 0.448 e. The van der Waals surface area contributed by atoms with Gasteiger partial charge in [-0.2, -0.15) is 13.2 Å². The van der Waals surface area contributed by atoms with Crippen LogP contribution in [0.15, 0.2) is 48.5 Å². The third-order valence-corrected chi connectivity index (χ3v) is 6.68. The summed E-state index contributed by atoms with van der Waals surface area (Å²) in [7, 11) is 0. The number of hydrogen-bond acceptors (Lipinski definition) is 4. The zero-order valence-electron chi connectivity index (χ0n) is 17.2. The summed E-state index contributed by atoms with van der Waals surface area (Å²) in [4.78, 5) is 26.6. The second-order valence-corrected chi connectivity index (χ2v) is 8.56. The maximum atomic E-state index is 13.4. The van der Waals surface area contributed by atoms with Crippen molar-refractivity contribution in [1.82, 2.24) is 4.90 Å². The number of Topliss-reactive ketones (excluding diaryl/α,β-unsaturated/α-hetero) is 1. The first-order valence-electron chi connectivity index (χ1n) is 10.6. The highest BCUT2D eigenvalue weighted by Crippen LogP contribution is 2.45. The summed E-state index contributed by atoms with van der Waals surface area (Å²) in [6, 6.07) is 14.2. The minimum atomic E-state index is -4.64. The number of halogens is 3. The number of fused-ring (bicyclic) bond motifs is 5. The summed E-state index contributed by atoms with van der Waals surface area (Å²) in [5, 5.41) is 0. The highest BCUT2D eigenvalue weighted by Gasteiger charge is 2.52. The Morgan fingerprint density at radius 3 is 2.22 bits per heavy atom. The van der Waals surface area contributed by atoms with E-state index >= 15 is 0 Å². The highest BCUT2D eigenvalue weighted by molar-refractivity contribution is 5.84. The predicted octanol–water partition coefficient (Wildman–Crippen LogP) is 4.55. The summed E-state index contributed by atoms with van der Waals surface area (Å²) < 4.78 is 51.3. The van der Waals surface area contributed by atoms with E-state index in [-0.39, 0.29) is 32.2 Å². The molecule has 2 aromatic rings. The van der Waals surface area contributed by atoms with Gasteiger partial charge in [-0.1, -0.05) is 48.5 Å². The van der Waals surface area contributed by atoms with Gasteiger partial charge in [0.2, 0.25) is 0 Å². The minimum Gasteiger partial charge on any atom is -0.448 e. The molecule has 0 saturated carbocycles. The zero-order valence-corrected chi connectivity index (χ0v) is 17.2. The Bertz CT molecular complexity index is 1010. The number of morpholine rings is 1. The van der Waals surface area contributed by atoms with Crippen molar-refractivity contribution in [3.8, 4) is 11.1 Å². The molecule has 2 aliphatic heterocycles. The summed E-state index contributed by atoms with van der Waals surface area (Å²) in [5.74, 6) is -3.13. The third-order valence-electron chi connectivity index (χ3n) is 6.68. The van der Waals surface area contributed by atoms with Crippen molar-refractivity contribution in [3.05, 3.63) is 59.7 Å². The Morgan fingerprint density at radius 1 is 1.00 bits per heavy atom. The number of amides is 1. The SMILES string of the molecule is O=C1CC2COCC(CC1C(F)(F)F)N2C(=O)OCC1c2ccccc2-c2ccccc21. The van der Waals surface area contributed by atoms with Crippen molar-refractivity contribution >= 4 is 11.9 Å². The second kappa shape index (κ2) is 7.92. The molecule has 5 rings (SSSR count). The molecule has 3 unspecified atom stereocenters. The molecule has 3 aliphatic rings. The van der Waals surface area contributed by atoms with Gasteiger partial charge in [0.05, 0.1) is 25.3 Å². The number of carbonyl (C=O) groups is 2. The molecule has 168 valence electrons. The van der Waals surface area contributed by atoms with Crippen molar-refractivity contribution in [2.24, 2.45) is 5.92 Å². The van der Waals surface area contributed by atoms with Crippen molar-refractivity contribution < 1.29 is 32.2 Å². The second-order valence-electron chi connectivity index (χ2n) is 8.56. The van der Waals surface area contributed by atoms with Crippen LogP contribution in [0.5, 0.6) is 0 Å². The van der Waals surface area contributed by atoms with Gasteiger partial charge < -0.3 is 9.47 Å². The molecular weight excluding hydrogens is 423 g/mol. The topological polar surface area (TPSA) is 55.8 Å². The van der Waals surface area contributed by atoms with E-state index in [1.165, 1.54) is 4.90 Å². The lowest BCUT2D eigenvalue weighted by Gasteiger charge is -2.39. The van der Waals surface area contributed by atoms with E-state index in [2.05, 4.69) is 0 Å². The molecule has 8 heteroatoms. The van der Waals surface area contributed by atoms with Crippen molar-refractivity contribution in [3.63, 3.8) is 0 Å². The molecule has 2 heterocycles. The Morgan fingerprint density at radius 2 is 1.59 bits per heavy atom. The number of benzene rings is 2. The number of ketones is 1. The lowest BCUT2D eigenvalue weighted by Crippen LogP contribution is -2.54. The summed E-state index contributed by atoms with van der Waals surface area (Å²) >= 11 is 0. The van der Waals surface area contributed by atoms with Gasteiger partial charge in [0.15, 0.2) is 0 Å². The normalized spacial score (nSPS) is 25.2. The van der Waals surface area contributed by atoms with E-state index in [1.54, 1.807) is 0 Å². The first kappa shape index (κ1) is 21.0. The molecule has 0 spiro atoms. The lowest BCUT2D eigenvalue weighted by molar-refractivity contribution is -0.183. The van der Waals surface area contributed by atoms with E-state index in [0.717, 1.165) is 22.3 Å². The average molecular weight is 445 g/mol. The Labute approximate surface area is 183 Å². The van der Waals surface area contributed by atoms with E-state index < -0.39 is 42.5 Å². The van der Waals surface area contributed by atoms with Crippen LogP contribution < -0.4 is 0 Å². The molecule has 2 bridgehead atoms. The number of hydrogen-bond donors (Lipinski definition) is 0. The number of carbonyl (C=O) groups excluding carboxylic acids is 2. The van der Waals surface area contributed by atoms with Gasteiger partial charge in [-0.05, 0) is 28.7 Å². The van der Waals surface area contributed by atoms with Crippen LogP contribution in [0.3, 0.4) is 0 Å². The van der Waals surface area contributed by atoms with Crippen molar-refractivity contribution in [2.45, 2.75) is 37.0 Å². The smallest absolute Gasteiger partial charge is 0.410 e. The van der Waals surface area contributed by atoms with Gasteiger partial charge in [0.1, 0.15) is 18.3 Å². The summed E-state index contributed by atoms with van der Waals surface area (Å²) in [5.41, 5.74) is 4.27. The molecular formula is C24H22F3NO4. The van der Waals surface area contributed by atoms with Crippen LogP contribution in [-0.4, -0.2) is 54.9 Å². The Kier molecular flexibility index (Phi) is 5.20. The van der Waals surface area contributed by atoms with Crippen LogP contribution in [-0.2, 0) is 14.3 Å². The van der Waals surface area contributed by atoms with E-state index in [0.29, 0.717) is 0 Å². The van der Waals surface area contributed by atoms with Crippen LogP contribution in [0.25, 0.3) is 11.1 Å². The lowest BCUT2D eigenvalue weighted by atomic mass is 9.95. The maximum absolute atomic E-state index is 13.4. The van der Waals surface area contributed by atoms with Crippen LogP contribution in [0.2, 0.25) is 0 Å². The molecule has 0 radical (unpaired) electrons. The van der Waals surface area contributed by atoms with E-state index in [9.17, 15) is 22.8 Å². The molecule has 32 heavy (non-hydrogen) atoms. The zero-order chi connectivity index (χ0) is 22.5. The Balaban J connectivity index is 1.36. The minimum absolute atomic E-state index is 0.0248. The number of alkyl halides is 3. The standard InChI is InChI=1S/C24H22F3NO4/c25-24(26,27)21-9-14-11-31-12-15(10-22(21)29)28(14)23(30)32-13-20-18-7-3-1-5-16(18)17-6-2-4-8-19(17)20/h1-8,14-15,20-21H,9-13H2. The number of nitrogens with zero attached hydrogens (tertiary/aromatic N) is 1. The molecule has 3 atom stereocenters. The number of rotatable bonds is 2. The van der Waals surface area contributed by atoms with E-state index in [4.69, 9.17) is 9.47 Å². The molecule has 2 saturated heterocycles. The van der Waals surface area contributed by atoms with Gasteiger partial charge in [-0.25, -0.2) is 4.79 Å². The van der Waals surface area contributed by atoms with Gasteiger partial charge in [-0.15, -0.1) is 0 Å². The first-order valence-corrected chi connectivity index (χ1v) is 10.6. The monoisotopic (exact) mass is 445 g/mol. The fourth-order valence-electron chi connectivity index (χ4n) is 5.20. The van der Waals surface area contributed by atoms with Gasteiger partial charge in [-0.3, -0.25) is 9.69 Å². The average Bonchev–Trinajstić information content (AvgIpc) is 3.04. The molecule has 2 aromatic carbocycles.